The van der Waals surface area contributed by atoms with Crippen molar-refractivity contribution in [2.45, 2.75) is 32.6 Å². The van der Waals surface area contributed by atoms with Gasteiger partial charge in [-0.25, -0.2) is 9.50 Å². The number of halogens is 1. The summed E-state index contributed by atoms with van der Waals surface area (Å²) in [6.45, 7) is 2.24. The molecule has 5 heteroatoms. The zero-order chi connectivity index (χ0) is 21.9. The molecular weight excluding hydrogens is 434 g/mol. The summed E-state index contributed by atoms with van der Waals surface area (Å²) < 4.78 is 1.84. The maximum Gasteiger partial charge on any atom is 0.213 e. The van der Waals surface area contributed by atoms with E-state index in [9.17, 15) is 0 Å². The van der Waals surface area contributed by atoms with E-state index >= 15 is 0 Å². The molecule has 160 valence electrons. The van der Waals surface area contributed by atoms with Gasteiger partial charge in [0.25, 0.3) is 0 Å². The van der Waals surface area contributed by atoms with Crippen LogP contribution in [0.25, 0.3) is 37.9 Å². The summed E-state index contributed by atoms with van der Waals surface area (Å²) in [5.74, 6) is 0. The number of hydrogen-bond acceptors (Lipinski definition) is 3. The molecule has 0 fully saturated rings. The lowest BCUT2D eigenvalue weighted by Crippen LogP contribution is -1.86. The Balaban J connectivity index is 1.33. The van der Waals surface area contributed by atoms with E-state index in [1.165, 1.54) is 36.0 Å². The Hall–Kier alpha value is -2.95. The maximum atomic E-state index is 6.32. The lowest BCUT2D eigenvalue weighted by atomic mass is 10.00. The molecule has 0 saturated carbocycles. The zero-order valence-electron chi connectivity index (χ0n) is 18.0. The van der Waals surface area contributed by atoms with Crippen LogP contribution in [-0.2, 0) is 6.42 Å². The van der Waals surface area contributed by atoms with E-state index in [2.05, 4.69) is 60.6 Å². The van der Waals surface area contributed by atoms with Crippen LogP contribution in [0.4, 0.5) is 0 Å². The predicted octanol–water partition coefficient (Wildman–Crippen LogP) is 8.18. The predicted molar refractivity (Wildman–Crippen MR) is 135 cm³/mol. The summed E-state index contributed by atoms with van der Waals surface area (Å²) in [6, 6.07) is 25.3. The van der Waals surface area contributed by atoms with Crippen molar-refractivity contribution >= 4 is 27.9 Å². The Labute approximate surface area is 197 Å². The van der Waals surface area contributed by atoms with Crippen molar-refractivity contribution in [3.05, 3.63) is 89.6 Å². The number of rotatable bonds is 7. The lowest BCUT2D eigenvalue weighted by molar-refractivity contribution is 0.717. The zero-order valence-corrected chi connectivity index (χ0v) is 19.5. The Morgan fingerprint density at radius 3 is 2.22 bits per heavy atom. The largest absolute Gasteiger partial charge is 0.217 e. The van der Waals surface area contributed by atoms with Crippen LogP contribution in [0, 0.1) is 0 Å². The first-order valence-corrected chi connectivity index (χ1v) is 12.2. The molecule has 5 rings (SSSR count). The molecule has 0 unspecified atom stereocenters. The smallest absolute Gasteiger partial charge is 0.213 e. The first-order chi connectivity index (χ1) is 15.7. The molecule has 0 radical (unpaired) electrons. The third kappa shape index (κ3) is 4.34. The highest BCUT2D eigenvalue weighted by Gasteiger charge is 2.13. The molecule has 5 aromatic rings. The summed E-state index contributed by atoms with van der Waals surface area (Å²) in [5.41, 5.74) is 6.82. The van der Waals surface area contributed by atoms with Gasteiger partial charge in [-0.05, 0) is 35.6 Å². The Kier molecular flexibility index (Phi) is 6.06. The van der Waals surface area contributed by atoms with Gasteiger partial charge in [0, 0.05) is 11.1 Å². The van der Waals surface area contributed by atoms with E-state index in [0.29, 0.717) is 5.02 Å². The highest BCUT2D eigenvalue weighted by molar-refractivity contribution is 7.19. The maximum absolute atomic E-state index is 6.32. The van der Waals surface area contributed by atoms with Gasteiger partial charge in [-0.2, -0.15) is 5.10 Å². The fraction of sp³-hybridized carbons (Fsp3) is 0.185. The normalized spacial score (nSPS) is 11.3. The molecule has 2 heterocycles. The second-order valence-electron chi connectivity index (χ2n) is 7.97. The third-order valence-electron chi connectivity index (χ3n) is 5.68. The molecule has 3 nitrogen and oxygen atoms in total. The molecule has 0 spiro atoms. The molecule has 0 aliphatic heterocycles. The van der Waals surface area contributed by atoms with E-state index in [0.717, 1.165) is 33.2 Å². The van der Waals surface area contributed by atoms with Gasteiger partial charge in [-0.3, -0.25) is 0 Å². The lowest BCUT2D eigenvalue weighted by Gasteiger charge is -2.05. The molecule has 0 aliphatic rings. The fourth-order valence-corrected chi connectivity index (χ4v) is 5.06. The standard InChI is InChI=1S/C27H24ClN3S/c1-2-3-4-7-19-10-12-20(13-11-19)21-14-16-22(17-15-21)25-18-31-27(29-25)32-26(30-31)23-8-5-6-9-24(23)28/h5-6,8-18H,2-4,7H2,1H3. The van der Waals surface area contributed by atoms with Crippen molar-refractivity contribution in [1.82, 2.24) is 14.6 Å². The fourth-order valence-electron chi connectivity index (χ4n) is 3.86. The van der Waals surface area contributed by atoms with Crippen molar-refractivity contribution in [3.63, 3.8) is 0 Å². The molecular formula is C27H24ClN3S. The second-order valence-corrected chi connectivity index (χ2v) is 9.33. The quantitative estimate of drug-likeness (QED) is 0.230. The first kappa shape index (κ1) is 20.9. The first-order valence-electron chi connectivity index (χ1n) is 11.0. The Bertz CT molecular complexity index is 1300. The number of aromatic nitrogens is 3. The van der Waals surface area contributed by atoms with Crippen molar-refractivity contribution in [1.29, 1.82) is 0 Å². The molecule has 0 bridgehead atoms. The van der Waals surface area contributed by atoms with Gasteiger partial charge in [0.2, 0.25) is 4.96 Å². The Morgan fingerprint density at radius 1 is 0.844 bits per heavy atom. The highest BCUT2D eigenvalue weighted by Crippen LogP contribution is 2.32. The van der Waals surface area contributed by atoms with E-state index < -0.39 is 0 Å². The van der Waals surface area contributed by atoms with E-state index in [1.807, 2.05) is 35.0 Å². The van der Waals surface area contributed by atoms with E-state index in [-0.39, 0.29) is 0 Å². The van der Waals surface area contributed by atoms with Gasteiger partial charge in [-0.15, -0.1) is 0 Å². The number of nitrogens with zero attached hydrogens (tertiary/aromatic N) is 3. The second kappa shape index (κ2) is 9.27. The average molecular weight is 458 g/mol. The SMILES string of the molecule is CCCCCc1ccc(-c2ccc(-c3cn4nc(-c5ccccc5Cl)sc4n3)cc2)cc1. The number of hydrogen-bond donors (Lipinski definition) is 0. The van der Waals surface area contributed by atoms with Gasteiger partial charge in [0.1, 0.15) is 5.01 Å². The summed E-state index contributed by atoms with van der Waals surface area (Å²) in [4.78, 5) is 5.64. The van der Waals surface area contributed by atoms with Gasteiger partial charge in [0.05, 0.1) is 16.9 Å². The van der Waals surface area contributed by atoms with Crippen molar-refractivity contribution in [2.75, 3.05) is 0 Å². The van der Waals surface area contributed by atoms with Gasteiger partial charge in [0.15, 0.2) is 0 Å². The highest BCUT2D eigenvalue weighted by atomic mass is 35.5. The van der Waals surface area contributed by atoms with Crippen molar-refractivity contribution < 1.29 is 0 Å². The number of unbranched alkanes of at least 4 members (excludes halogenated alkanes) is 2. The van der Waals surface area contributed by atoms with Gasteiger partial charge >= 0.3 is 0 Å². The van der Waals surface area contributed by atoms with Crippen molar-refractivity contribution in [3.8, 4) is 33.0 Å². The van der Waals surface area contributed by atoms with Crippen LogP contribution >= 0.6 is 22.9 Å². The van der Waals surface area contributed by atoms with Gasteiger partial charge in [-0.1, -0.05) is 109 Å². The number of imidazole rings is 1. The minimum Gasteiger partial charge on any atom is -0.217 e. The van der Waals surface area contributed by atoms with E-state index in [4.69, 9.17) is 16.6 Å². The summed E-state index contributed by atoms with van der Waals surface area (Å²) in [7, 11) is 0. The summed E-state index contributed by atoms with van der Waals surface area (Å²) >= 11 is 7.86. The number of benzene rings is 3. The molecule has 0 N–H and O–H groups in total. The third-order valence-corrected chi connectivity index (χ3v) is 6.97. The molecule has 0 atom stereocenters. The van der Waals surface area contributed by atoms with Crippen LogP contribution in [-0.4, -0.2) is 14.6 Å². The van der Waals surface area contributed by atoms with E-state index in [1.54, 1.807) is 11.3 Å². The average Bonchev–Trinajstić information content (AvgIpc) is 3.40. The molecule has 2 aromatic heterocycles. The molecule has 0 saturated heterocycles. The van der Waals surface area contributed by atoms with Crippen LogP contribution < -0.4 is 0 Å². The molecule has 0 aliphatic carbocycles. The molecule has 3 aromatic carbocycles. The monoisotopic (exact) mass is 457 g/mol. The van der Waals surface area contributed by atoms with Crippen LogP contribution in [0.15, 0.2) is 79.0 Å². The van der Waals surface area contributed by atoms with Gasteiger partial charge < -0.3 is 0 Å². The topological polar surface area (TPSA) is 30.2 Å². The summed E-state index contributed by atoms with van der Waals surface area (Å²) in [5, 5.41) is 6.25. The molecule has 32 heavy (non-hydrogen) atoms. The summed E-state index contributed by atoms with van der Waals surface area (Å²) in [6.07, 6.45) is 6.97. The van der Waals surface area contributed by atoms with Crippen LogP contribution in [0.2, 0.25) is 5.02 Å². The number of aryl methyl sites for hydroxylation is 1. The van der Waals surface area contributed by atoms with Crippen molar-refractivity contribution in [2.24, 2.45) is 0 Å². The molecule has 0 amide bonds. The minimum absolute atomic E-state index is 0.703. The van der Waals surface area contributed by atoms with Crippen LogP contribution in [0.3, 0.4) is 0 Å². The van der Waals surface area contributed by atoms with Crippen LogP contribution in [0.5, 0.6) is 0 Å². The van der Waals surface area contributed by atoms with Crippen LogP contribution in [0.1, 0.15) is 31.7 Å². The minimum atomic E-state index is 0.703. The number of fused-ring (bicyclic) bond motifs is 1. The Morgan fingerprint density at radius 2 is 1.53 bits per heavy atom.